The minimum atomic E-state index is 0.0738. The average Bonchev–Trinajstić information content (AvgIpc) is 3.25. The zero-order valence-corrected chi connectivity index (χ0v) is 17.9. The second-order valence-corrected chi connectivity index (χ2v) is 7.77. The van der Waals surface area contributed by atoms with Crippen LogP contribution < -0.4 is 9.47 Å². The highest BCUT2D eigenvalue weighted by atomic mass is 16.5. The summed E-state index contributed by atoms with van der Waals surface area (Å²) in [5.41, 5.74) is 4.22. The molecule has 2 heterocycles. The molecule has 1 amide bonds. The van der Waals surface area contributed by atoms with E-state index in [4.69, 9.17) is 14.2 Å². The topological polar surface area (TPSA) is 51.2 Å². The highest BCUT2D eigenvalue weighted by molar-refractivity contribution is 5.94. The summed E-state index contributed by atoms with van der Waals surface area (Å²) in [5, 5.41) is 0. The molecule has 2 aliphatic heterocycles. The number of carbonyl (C=O) groups excluding carboxylic acids is 1. The predicted molar refractivity (Wildman–Crippen MR) is 115 cm³/mol. The Morgan fingerprint density at radius 3 is 2.70 bits per heavy atom. The molecule has 2 aromatic carbocycles. The van der Waals surface area contributed by atoms with Crippen molar-refractivity contribution in [2.45, 2.75) is 26.5 Å². The lowest BCUT2D eigenvalue weighted by Crippen LogP contribution is -2.48. The summed E-state index contributed by atoms with van der Waals surface area (Å²) in [6.07, 6.45) is 0.999. The number of fused-ring (bicyclic) bond motifs is 1. The van der Waals surface area contributed by atoms with Crippen LogP contribution in [0.4, 0.5) is 0 Å². The Labute approximate surface area is 178 Å². The van der Waals surface area contributed by atoms with Crippen LogP contribution in [-0.2, 0) is 24.3 Å². The van der Waals surface area contributed by atoms with Gasteiger partial charge in [-0.25, -0.2) is 0 Å². The standard InChI is InChI=1S/C24H30N2O4/c1-3-29-17-21-15-20(5-7-22(21)28-2)24(27)26-11-9-25(10-12-26)16-18-4-6-23-19(14-18)8-13-30-23/h4-7,14-15H,3,8-13,16-17H2,1-2H3. The van der Waals surface area contributed by atoms with Crippen molar-refractivity contribution in [1.29, 1.82) is 0 Å². The van der Waals surface area contributed by atoms with Gasteiger partial charge in [-0.15, -0.1) is 0 Å². The molecule has 6 heteroatoms. The molecule has 0 aromatic heterocycles. The zero-order chi connectivity index (χ0) is 20.9. The molecule has 0 atom stereocenters. The maximum atomic E-state index is 13.0. The van der Waals surface area contributed by atoms with E-state index in [1.165, 1.54) is 11.1 Å². The van der Waals surface area contributed by atoms with Gasteiger partial charge in [0, 0.05) is 56.9 Å². The summed E-state index contributed by atoms with van der Waals surface area (Å²) < 4.78 is 16.5. The van der Waals surface area contributed by atoms with E-state index in [2.05, 4.69) is 23.1 Å². The van der Waals surface area contributed by atoms with Gasteiger partial charge in [0.2, 0.25) is 0 Å². The monoisotopic (exact) mass is 410 g/mol. The Morgan fingerprint density at radius 2 is 1.93 bits per heavy atom. The molecule has 4 rings (SSSR count). The molecule has 0 saturated carbocycles. The number of amides is 1. The van der Waals surface area contributed by atoms with Crippen molar-refractivity contribution in [3.63, 3.8) is 0 Å². The van der Waals surface area contributed by atoms with Gasteiger partial charge in [0.1, 0.15) is 11.5 Å². The van der Waals surface area contributed by atoms with Gasteiger partial charge in [-0.1, -0.05) is 12.1 Å². The molecule has 0 bridgehead atoms. The smallest absolute Gasteiger partial charge is 0.253 e. The van der Waals surface area contributed by atoms with E-state index in [0.29, 0.717) is 18.8 Å². The molecule has 0 radical (unpaired) electrons. The Hall–Kier alpha value is -2.57. The van der Waals surface area contributed by atoms with E-state index in [1.54, 1.807) is 7.11 Å². The van der Waals surface area contributed by atoms with Crippen LogP contribution in [0.15, 0.2) is 36.4 Å². The zero-order valence-electron chi connectivity index (χ0n) is 17.9. The Morgan fingerprint density at radius 1 is 1.10 bits per heavy atom. The number of carbonyl (C=O) groups is 1. The number of rotatable bonds is 7. The van der Waals surface area contributed by atoms with E-state index >= 15 is 0 Å². The summed E-state index contributed by atoms with van der Waals surface area (Å²) in [6, 6.07) is 12.1. The largest absolute Gasteiger partial charge is 0.496 e. The molecule has 30 heavy (non-hydrogen) atoms. The minimum Gasteiger partial charge on any atom is -0.496 e. The first-order valence-electron chi connectivity index (χ1n) is 10.7. The first-order chi connectivity index (χ1) is 14.7. The fourth-order valence-corrected chi connectivity index (χ4v) is 4.12. The lowest BCUT2D eigenvalue weighted by atomic mass is 10.1. The fourth-order valence-electron chi connectivity index (χ4n) is 4.12. The van der Waals surface area contributed by atoms with Gasteiger partial charge in [0.15, 0.2) is 0 Å². The van der Waals surface area contributed by atoms with Crippen molar-refractivity contribution < 1.29 is 19.0 Å². The van der Waals surface area contributed by atoms with Crippen LogP contribution in [-0.4, -0.2) is 62.2 Å². The SMILES string of the molecule is CCOCc1cc(C(=O)N2CCN(Cc3ccc4c(c3)CCO4)CC2)ccc1OC. The van der Waals surface area contributed by atoms with Crippen LogP contribution in [0.2, 0.25) is 0 Å². The quantitative estimate of drug-likeness (QED) is 0.702. The van der Waals surface area contributed by atoms with E-state index in [9.17, 15) is 4.79 Å². The number of ether oxygens (including phenoxy) is 3. The van der Waals surface area contributed by atoms with Crippen LogP contribution in [0.25, 0.3) is 0 Å². The van der Waals surface area contributed by atoms with Crippen molar-refractivity contribution in [3.05, 3.63) is 58.7 Å². The first-order valence-corrected chi connectivity index (χ1v) is 10.7. The minimum absolute atomic E-state index is 0.0738. The number of hydrogen-bond acceptors (Lipinski definition) is 5. The summed E-state index contributed by atoms with van der Waals surface area (Å²) in [6.45, 7) is 7.95. The van der Waals surface area contributed by atoms with E-state index in [-0.39, 0.29) is 5.91 Å². The van der Waals surface area contributed by atoms with Gasteiger partial charge < -0.3 is 19.1 Å². The van der Waals surface area contributed by atoms with Crippen LogP contribution >= 0.6 is 0 Å². The van der Waals surface area contributed by atoms with Crippen molar-refractivity contribution >= 4 is 5.91 Å². The molecule has 0 spiro atoms. The maximum Gasteiger partial charge on any atom is 0.253 e. The van der Waals surface area contributed by atoms with Crippen LogP contribution in [0, 0.1) is 0 Å². The van der Waals surface area contributed by atoms with Crippen molar-refractivity contribution in [3.8, 4) is 11.5 Å². The van der Waals surface area contributed by atoms with Gasteiger partial charge in [0.25, 0.3) is 5.91 Å². The Balaban J connectivity index is 1.35. The van der Waals surface area contributed by atoms with Gasteiger partial charge >= 0.3 is 0 Å². The van der Waals surface area contributed by atoms with Crippen LogP contribution in [0.1, 0.15) is 34.0 Å². The highest BCUT2D eigenvalue weighted by Crippen LogP contribution is 2.27. The highest BCUT2D eigenvalue weighted by Gasteiger charge is 2.23. The fraction of sp³-hybridized carbons (Fsp3) is 0.458. The van der Waals surface area contributed by atoms with Gasteiger partial charge in [0.05, 0.1) is 20.3 Å². The summed E-state index contributed by atoms with van der Waals surface area (Å²) in [4.78, 5) is 17.4. The van der Waals surface area contributed by atoms with Gasteiger partial charge in [-0.05, 0) is 42.3 Å². The van der Waals surface area contributed by atoms with Crippen molar-refractivity contribution in [2.24, 2.45) is 0 Å². The molecular formula is C24H30N2O4. The number of hydrogen-bond donors (Lipinski definition) is 0. The molecule has 0 aliphatic carbocycles. The van der Waals surface area contributed by atoms with Crippen molar-refractivity contribution in [1.82, 2.24) is 9.80 Å². The van der Waals surface area contributed by atoms with Crippen LogP contribution in [0.3, 0.4) is 0 Å². The Bertz CT molecular complexity index is 891. The van der Waals surface area contributed by atoms with E-state index in [0.717, 1.165) is 62.8 Å². The van der Waals surface area contributed by atoms with Gasteiger partial charge in [-0.2, -0.15) is 0 Å². The van der Waals surface area contributed by atoms with Gasteiger partial charge in [-0.3, -0.25) is 9.69 Å². The predicted octanol–water partition coefficient (Wildman–Crippen LogP) is 3.12. The number of piperazine rings is 1. The van der Waals surface area contributed by atoms with E-state index in [1.807, 2.05) is 30.0 Å². The van der Waals surface area contributed by atoms with E-state index < -0.39 is 0 Å². The molecule has 0 unspecified atom stereocenters. The number of nitrogens with zero attached hydrogens (tertiary/aromatic N) is 2. The number of benzene rings is 2. The molecule has 6 nitrogen and oxygen atoms in total. The number of methoxy groups -OCH3 is 1. The van der Waals surface area contributed by atoms with Crippen LogP contribution in [0.5, 0.6) is 11.5 Å². The third-order valence-corrected chi connectivity index (χ3v) is 5.81. The lowest BCUT2D eigenvalue weighted by Gasteiger charge is -2.35. The molecular weight excluding hydrogens is 380 g/mol. The average molecular weight is 411 g/mol. The molecule has 2 aliphatic rings. The molecule has 2 aromatic rings. The second-order valence-electron chi connectivity index (χ2n) is 7.77. The lowest BCUT2D eigenvalue weighted by molar-refractivity contribution is 0.0628. The third-order valence-electron chi connectivity index (χ3n) is 5.81. The maximum absolute atomic E-state index is 13.0. The third kappa shape index (κ3) is 4.60. The first kappa shape index (κ1) is 20.7. The summed E-state index contributed by atoms with van der Waals surface area (Å²) in [5.74, 6) is 1.85. The second kappa shape index (κ2) is 9.49. The Kier molecular flexibility index (Phi) is 6.55. The normalized spacial score (nSPS) is 16.3. The molecule has 1 saturated heterocycles. The summed E-state index contributed by atoms with van der Waals surface area (Å²) >= 11 is 0. The molecule has 160 valence electrons. The van der Waals surface area contributed by atoms with Crippen molar-refractivity contribution in [2.75, 3.05) is 46.5 Å². The summed E-state index contributed by atoms with van der Waals surface area (Å²) in [7, 11) is 1.64. The molecule has 1 fully saturated rings. The molecule has 0 N–H and O–H groups in total.